The molecule has 0 bridgehead atoms. The predicted molar refractivity (Wildman–Crippen MR) is 127 cm³/mol. The number of hydrogen-bond donors (Lipinski definition) is 0. The number of aryl methyl sites for hydroxylation is 3. The van der Waals surface area contributed by atoms with Gasteiger partial charge in [0.25, 0.3) is 5.91 Å². The second kappa shape index (κ2) is 8.67. The van der Waals surface area contributed by atoms with E-state index in [2.05, 4.69) is 20.6 Å². The first-order valence-corrected chi connectivity index (χ1v) is 12.1. The lowest BCUT2D eigenvalue weighted by molar-refractivity contribution is 0.0608. The molecule has 0 radical (unpaired) electrons. The van der Waals surface area contributed by atoms with E-state index in [1.54, 1.807) is 12.1 Å². The standard InChI is InChI=1S/C25H26FN5OS/c1-15-13-27-16(2)24-29-20(14-31(15)24)12-21-6-4-5-11-30(21)25(32)22-23(33-17(3)28-22)18-7-9-19(26)10-8-18/h7-10,13-14,21H,4-6,11-12H2,1-3H3/t21-/m0/s1. The van der Waals surface area contributed by atoms with Crippen molar-refractivity contribution in [1.29, 1.82) is 0 Å². The quantitative estimate of drug-likeness (QED) is 0.420. The van der Waals surface area contributed by atoms with E-state index in [-0.39, 0.29) is 17.8 Å². The van der Waals surface area contributed by atoms with Gasteiger partial charge in [-0.15, -0.1) is 11.3 Å². The highest BCUT2D eigenvalue weighted by molar-refractivity contribution is 7.15. The molecule has 4 heterocycles. The minimum atomic E-state index is -0.294. The first-order valence-electron chi connectivity index (χ1n) is 11.2. The Bertz CT molecular complexity index is 1290. The molecule has 1 atom stereocenters. The van der Waals surface area contributed by atoms with E-state index in [1.807, 2.05) is 31.9 Å². The summed E-state index contributed by atoms with van der Waals surface area (Å²) in [6.45, 7) is 6.58. The predicted octanol–water partition coefficient (Wildman–Crippen LogP) is 5.15. The van der Waals surface area contributed by atoms with E-state index >= 15 is 0 Å². The number of nitrogens with zero attached hydrogens (tertiary/aromatic N) is 5. The average Bonchev–Trinajstić information content (AvgIpc) is 3.41. The molecule has 0 aliphatic carbocycles. The summed E-state index contributed by atoms with van der Waals surface area (Å²) < 4.78 is 15.5. The van der Waals surface area contributed by atoms with Crippen LogP contribution in [0.25, 0.3) is 16.1 Å². The SMILES string of the molecule is Cc1nc(C(=O)N2CCCC[C@H]2Cc2cn3c(C)cnc(C)c3n2)c(-c2ccc(F)cc2)s1. The van der Waals surface area contributed by atoms with Gasteiger partial charge in [0, 0.05) is 37.1 Å². The van der Waals surface area contributed by atoms with Crippen molar-refractivity contribution < 1.29 is 9.18 Å². The summed E-state index contributed by atoms with van der Waals surface area (Å²) >= 11 is 1.47. The van der Waals surface area contributed by atoms with Crippen molar-refractivity contribution >= 4 is 22.9 Å². The van der Waals surface area contributed by atoms with Crippen LogP contribution in [0.4, 0.5) is 4.39 Å². The number of hydrogen-bond acceptors (Lipinski definition) is 5. The fourth-order valence-electron chi connectivity index (χ4n) is 4.59. The number of benzene rings is 1. The molecule has 33 heavy (non-hydrogen) atoms. The molecule has 3 aromatic heterocycles. The molecule has 4 aromatic rings. The Kier molecular flexibility index (Phi) is 5.70. The third-order valence-corrected chi connectivity index (χ3v) is 7.30. The molecule has 1 saturated heterocycles. The van der Waals surface area contributed by atoms with Crippen molar-refractivity contribution in [3.63, 3.8) is 0 Å². The number of halogens is 1. The maximum atomic E-state index is 13.7. The Morgan fingerprint density at radius 3 is 2.70 bits per heavy atom. The van der Waals surface area contributed by atoms with Crippen LogP contribution in [0, 0.1) is 26.6 Å². The highest BCUT2D eigenvalue weighted by Crippen LogP contribution is 2.33. The largest absolute Gasteiger partial charge is 0.334 e. The second-order valence-corrected chi connectivity index (χ2v) is 9.88. The fraction of sp³-hybridized carbons (Fsp3) is 0.360. The number of carbonyl (C=O) groups is 1. The zero-order valence-electron chi connectivity index (χ0n) is 19.0. The minimum absolute atomic E-state index is 0.0545. The van der Waals surface area contributed by atoms with Crippen molar-refractivity contribution in [2.24, 2.45) is 0 Å². The molecule has 0 spiro atoms. The third kappa shape index (κ3) is 4.15. The molecule has 0 N–H and O–H groups in total. The lowest BCUT2D eigenvalue weighted by Gasteiger charge is -2.35. The van der Waals surface area contributed by atoms with E-state index < -0.39 is 0 Å². The molecule has 1 amide bonds. The minimum Gasteiger partial charge on any atom is -0.334 e. The lowest BCUT2D eigenvalue weighted by atomic mass is 9.97. The maximum absolute atomic E-state index is 13.7. The molecular weight excluding hydrogens is 437 g/mol. The summed E-state index contributed by atoms with van der Waals surface area (Å²) in [6.07, 6.45) is 7.61. The smallest absolute Gasteiger partial charge is 0.274 e. The molecule has 5 rings (SSSR count). The Balaban J connectivity index is 1.45. The number of amides is 1. The van der Waals surface area contributed by atoms with Gasteiger partial charge in [0.2, 0.25) is 0 Å². The molecule has 6 nitrogen and oxygen atoms in total. The Morgan fingerprint density at radius 2 is 1.94 bits per heavy atom. The number of imidazole rings is 1. The molecular formula is C25H26FN5OS. The average molecular weight is 464 g/mol. The van der Waals surface area contributed by atoms with Crippen LogP contribution in [0.2, 0.25) is 0 Å². The first kappa shape index (κ1) is 21.7. The van der Waals surface area contributed by atoms with Gasteiger partial charge in [0.15, 0.2) is 5.65 Å². The Hall–Kier alpha value is -3.13. The monoisotopic (exact) mass is 463 g/mol. The van der Waals surface area contributed by atoms with E-state index in [4.69, 9.17) is 4.98 Å². The van der Waals surface area contributed by atoms with Crippen LogP contribution in [0.1, 0.15) is 51.8 Å². The molecule has 1 fully saturated rings. The molecule has 0 saturated carbocycles. The van der Waals surface area contributed by atoms with Crippen LogP contribution in [0.15, 0.2) is 36.7 Å². The Labute approximate surface area is 196 Å². The zero-order chi connectivity index (χ0) is 23.1. The van der Waals surface area contributed by atoms with Gasteiger partial charge in [-0.05, 0) is 57.7 Å². The number of piperidine rings is 1. The number of rotatable bonds is 4. The van der Waals surface area contributed by atoms with Crippen molar-refractivity contribution in [1.82, 2.24) is 24.3 Å². The van der Waals surface area contributed by atoms with Crippen LogP contribution >= 0.6 is 11.3 Å². The third-order valence-electron chi connectivity index (χ3n) is 6.28. The van der Waals surface area contributed by atoms with Crippen molar-refractivity contribution in [2.45, 2.75) is 52.5 Å². The summed E-state index contributed by atoms with van der Waals surface area (Å²) in [5, 5.41) is 0.824. The molecule has 1 aromatic carbocycles. The normalized spacial score (nSPS) is 16.5. The number of likely N-dealkylation sites (tertiary alicyclic amines) is 1. The molecule has 1 aliphatic heterocycles. The second-order valence-electron chi connectivity index (χ2n) is 8.68. The van der Waals surface area contributed by atoms with Crippen molar-refractivity contribution in [3.8, 4) is 10.4 Å². The highest BCUT2D eigenvalue weighted by atomic mass is 32.1. The maximum Gasteiger partial charge on any atom is 0.274 e. The van der Waals surface area contributed by atoms with E-state index in [1.165, 1.54) is 23.5 Å². The van der Waals surface area contributed by atoms with Crippen LogP contribution in [-0.2, 0) is 6.42 Å². The number of carbonyl (C=O) groups excluding carboxylic acids is 1. The summed E-state index contributed by atoms with van der Waals surface area (Å²) in [5.74, 6) is -0.349. The van der Waals surface area contributed by atoms with Gasteiger partial charge in [-0.25, -0.2) is 14.4 Å². The van der Waals surface area contributed by atoms with Gasteiger partial charge in [0.1, 0.15) is 11.5 Å². The summed E-state index contributed by atoms with van der Waals surface area (Å²) in [7, 11) is 0. The van der Waals surface area contributed by atoms with Crippen LogP contribution in [0.3, 0.4) is 0 Å². The van der Waals surface area contributed by atoms with Gasteiger partial charge in [-0.2, -0.15) is 0 Å². The van der Waals surface area contributed by atoms with Gasteiger partial charge >= 0.3 is 0 Å². The number of thiazole rings is 1. The van der Waals surface area contributed by atoms with Crippen molar-refractivity contribution in [3.05, 3.63) is 70.3 Å². The van der Waals surface area contributed by atoms with E-state index in [0.29, 0.717) is 18.7 Å². The summed E-state index contributed by atoms with van der Waals surface area (Å²) in [5.41, 5.74) is 5.04. The van der Waals surface area contributed by atoms with Crippen molar-refractivity contribution in [2.75, 3.05) is 6.54 Å². The highest BCUT2D eigenvalue weighted by Gasteiger charge is 2.31. The lowest BCUT2D eigenvalue weighted by Crippen LogP contribution is -2.45. The summed E-state index contributed by atoms with van der Waals surface area (Å²) in [6, 6.07) is 6.33. The first-order chi connectivity index (χ1) is 15.9. The number of aromatic nitrogens is 4. The van der Waals surface area contributed by atoms with Crippen LogP contribution < -0.4 is 0 Å². The topological polar surface area (TPSA) is 63.4 Å². The van der Waals surface area contributed by atoms with Crippen LogP contribution in [0.5, 0.6) is 0 Å². The molecule has 8 heteroatoms. The van der Waals surface area contributed by atoms with E-state index in [9.17, 15) is 9.18 Å². The van der Waals surface area contributed by atoms with Gasteiger partial charge in [-0.1, -0.05) is 12.1 Å². The van der Waals surface area contributed by atoms with Gasteiger partial charge in [0.05, 0.1) is 21.3 Å². The zero-order valence-corrected chi connectivity index (χ0v) is 19.8. The molecule has 170 valence electrons. The van der Waals surface area contributed by atoms with Gasteiger partial charge in [-0.3, -0.25) is 9.78 Å². The Morgan fingerprint density at radius 1 is 1.15 bits per heavy atom. The summed E-state index contributed by atoms with van der Waals surface area (Å²) in [4.78, 5) is 30.3. The number of fused-ring (bicyclic) bond motifs is 1. The molecule has 1 aliphatic rings. The van der Waals surface area contributed by atoms with E-state index in [0.717, 1.165) is 57.4 Å². The molecule has 0 unspecified atom stereocenters. The van der Waals surface area contributed by atoms with Gasteiger partial charge < -0.3 is 9.30 Å². The fourth-order valence-corrected chi connectivity index (χ4v) is 5.50. The van der Waals surface area contributed by atoms with Crippen LogP contribution in [-0.4, -0.2) is 42.7 Å².